The fourth-order valence-electron chi connectivity index (χ4n) is 2.17. The maximum Gasteiger partial charge on any atom is 0.330 e. The van der Waals surface area contributed by atoms with Gasteiger partial charge in [-0.15, -0.1) is 0 Å². The maximum atomic E-state index is 11.7. The van der Waals surface area contributed by atoms with Crippen molar-refractivity contribution in [3.63, 3.8) is 0 Å². The van der Waals surface area contributed by atoms with Gasteiger partial charge in [-0.05, 0) is 0 Å². The molecule has 1 fully saturated rings. The van der Waals surface area contributed by atoms with Gasteiger partial charge in [-0.3, -0.25) is 27.8 Å². The summed E-state index contributed by atoms with van der Waals surface area (Å²) in [6, 6.07) is 0.893. The van der Waals surface area contributed by atoms with Gasteiger partial charge in [-0.2, -0.15) is 0 Å². The lowest BCUT2D eigenvalue weighted by atomic mass is 10.1. The highest BCUT2D eigenvalue weighted by molar-refractivity contribution is 7.64. The topological polar surface area (TPSA) is 276 Å². The first kappa shape index (κ1) is 24.2. The van der Waals surface area contributed by atoms with Crippen LogP contribution in [0.5, 0.6) is 0 Å². The zero-order chi connectivity index (χ0) is 22.2. The second-order valence-corrected chi connectivity index (χ2v) is 9.61. The number of aliphatic hydroxyl groups is 2. The number of aromatic amines is 1. The van der Waals surface area contributed by atoms with Gasteiger partial charge in [0.05, 0.1) is 14.4 Å². The molecule has 17 nitrogen and oxygen atoms in total. The summed E-state index contributed by atoms with van der Waals surface area (Å²) in [6.45, 7) is -1.17. The van der Waals surface area contributed by atoms with Crippen LogP contribution in [0.1, 0.15) is 6.23 Å². The minimum atomic E-state index is -6.17. The smallest absolute Gasteiger partial charge is 0.330 e. The summed E-state index contributed by atoms with van der Waals surface area (Å²) in [4.78, 5) is 67.6. The number of hydrogen-bond donors (Lipinski definition) is 3. The fraction of sp³-hybridized carbons (Fsp3) is 0.556. The van der Waals surface area contributed by atoms with Gasteiger partial charge in [0, 0.05) is 12.3 Å². The van der Waals surface area contributed by atoms with Crippen molar-refractivity contribution in [1.29, 1.82) is 0 Å². The summed E-state index contributed by atoms with van der Waals surface area (Å²) in [6.07, 6.45) is -5.98. The van der Waals surface area contributed by atoms with Crippen molar-refractivity contribution in [2.45, 2.75) is 24.5 Å². The van der Waals surface area contributed by atoms with E-state index in [1.807, 2.05) is 4.98 Å². The molecule has 1 aromatic heterocycles. The van der Waals surface area contributed by atoms with E-state index in [0.29, 0.717) is 4.57 Å². The fourth-order valence-corrected chi connectivity index (χ4v) is 5.04. The predicted molar refractivity (Wildman–Crippen MR) is 78.2 cm³/mol. The third kappa shape index (κ3) is 6.73. The lowest BCUT2D eigenvalue weighted by Crippen LogP contribution is -2.37. The maximum absolute atomic E-state index is 11.7. The van der Waals surface area contributed by atoms with Gasteiger partial charge in [-0.25, -0.2) is 9.11 Å². The van der Waals surface area contributed by atoms with Crippen LogP contribution in [0.3, 0.4) is 0 Å². The Morgan fingerprint density at radius 3 is 2.24 bits per heavy atom. The normalized spacial score (nSPS) is 29.3. The van der Waals surface area contributed by atoms with Crippen LogP contribution in [0, 0.1) is 0 Å². The van der Waals surface area contributed by atoms with E-state index in [2.05, 4.69) is 13.1 Å². The van der Waals surface area contributed by atoms with E-state index in [1.54, 1.807) is 0 Å². The highest BCUT2D eigenvalue weighted by Gasteiger charge is 2.44. The molecule has 1 aliphatic heterocycles. The van der Waals surface area contributed by atoms with Crippen LogP contribution >= 0.6 is 23.5 Å². The average Bonchev–Trinajstić information content (AvgIpc) is 2.78. The van der Waals surface area contributed by atoms with Crippen molar-refractivity contribution in [1.82, 2.24) is 9.55 Å². The Labute approximate surface area is 159 Å². The number of phosphoric ester groups is 1. The summed E-state index contributed by atoms with van der Waals surface area (Å²) in [5.41, 5.74) is -1.80. The van der Waals surface area contributed by atoms with Gasteiger partial charge in [0.2, 0.25) is 0 Å². The highest BCUT2D eigenvalue weighted by atomic mass is 31.3. The Kier molecular flexibility index (Phi) is 7.20. The second kappa shape index (κ2) is 8.61. The monoisotopic (exact) mass is 480 g/mol. The third-order valence-corrected chi connectivity index (χ3v) is 6.92. The number of nitrogens with one attached hydrogen (secondary N) is 1. The molecule has 0 radical (unpaired) electrons. The summed E-state index contributed by atoms with van der Waals surface area (Å²) < 4.78 is 48.9. The molecule has 2 heterocycles. The number of nitrogens with zero attached hydrogens (tertiary/aromatic N) is 1. The summed E-state index contributed by atoms with van der Waals surface area (Å²) >= 11 is 0. The zero-order valence-electron chi connectivity index (χ0n) is 13.7. The van der Waals surface area contributed by atoms with Crippen LogP contribution < -0.4 is 30.8 Å². The molecule has 0 spiro atoms. The molecule has 1 aromatic rings. The van der Waals surface area contributed by atoms with Gasteiger partial charge in [-0.1, -0.05) is 0 Å². The Morgan fingerprint density at radius 1 is 1.07 bits per heavy atom. The third-order valence-electron chi connectivity index (χ3n) is 3.26. The predicted octanol–water partition coefficient (Wildman–Crippen LogP) is -5.03. The Balaban J connectivity index is 2.06. The van der Waals surface area contributed by atoms with Gasteiger partial charge < -0.3 is 43.6 Å². The van der Waals surface area contributed by atoms with Crippen LogP contribution in [0.25, 0.3) is 0 Å². The molecule has 0 amide bonds. The van der Waals surface area contributed by atoms with E-state index >= 15 is 0 Å². The molecule has 0 aromatic carbocycles. The van der Waals surface area contributed by atoms with Crippen molar-refractivity contribution in [2.75, 3.05) is 6.61 Å². The number of aromatic nitrogens is 2. The number of aliphatic hydroxyl groups excluding tert-OH is 2. The van der Waals surface area contributed by atoms with E-state index in [4.69, 9.17) is 4.74 Å². The van der Waals surface area contributed by atoms with E-state index in [0.717, 1.165) is 12.3 Å². The highest BCUT2D eigenvalue weighted by Crippen LogP contribution is 2.60. The van der Waals surface area contributed by atoms with E-state index in [-0.39, 0.29) is 0 Å². The van der Waals surface area contributed by atoms with Gasteiger partial charge in [0.1, 0.15) is 18.3 Å². The van der Waals surface area contributed by atoms with E-state index < -0.39 is 65.9 Å². The largest absolute Gasteiger partial charge is 0.790 e. The van der Waals surface area contributed by atoms with E-state index in [9.17, 15) is 53.1 Å². The van der Waals surface area contributed by atoms with Gasteiger partial charge in [0.25, 0.3) is 21.2 Å². The molecule has 2 unspecified atom stereocenters. The molecule has 6 atom stereocenters. The number of phosphoric acid groups is 3. The summed E-state index contributed by atoms with van der Waals surface area (Å²) in [5, 5.41) is 19.8. The van der Waals surface area contributed by atoms with Crippen LogP contribution in [-0.2, 0) is 31.6 Å². The number of ether oxygens (including phenoxy) is 1. The standard InChI is InChI=1S/C9H15N2O15P3/c12-5-1-2-11(9(15)10-5)8-7(14)6(13)4(24-8)3-23-28(19,20)26-29(21,22)25-27(16,17)18/h1-2,4,6-8,13-14H,3H2,(H,19,20)(H,21,22)(H,10,12,15)(H2,16,17,18)/p-4/t4-,6-,7-,8-/m1/s1. The Bertz CT molecular complexity index is 997. The van der Waals surface area contributed by atoms with Crippen LogP contribution in [0.15, 0.2) is 21.9 Å². The first-order valence-corrected chi connectivity index (χ1v) is 11.5. The quantitative estimate of drug-likeness (QED) is 0.294. The first-order valence-electron chi connectivity index (χ1n) is 7.15. The molecule has 2 rings (SSSR count). The first-order chi connectivity index (χ1) is 13.1. The molecule has 29 heavy (non-hydrogen) atoms. The minimum absolute atomic E-state index is 0.669. The van der Waals surface area contributed by atoms with Crippen molar-refractivity contribution >= 4 is 23.5 Å². The molecule has 0 bridgehead atoms. The Hall–Kier alpha value is -1.03. The molecule has 0 saturated carbocycles. The molecule has 1 saturated heterocycles. The van der Waals surface area contributed by atoms with Crippen LogP contribution in [0.2, 0.25) is 0 Å². The lowest BCUT2D eigenvalue weighted by molar-refractivity contribution is -0.339. The number of H-pyrrole nitrogens is 1. The Morgan fingerprint density at radius 2 is 1.69 bits per heavy atom. The molecular formula is C9H11N2O15P3-4. The van der Waals surface area contributed by atoms with Crippen molar-refractivity contribution in [3.05, 3.63) is 33.1 Å². The molecule has 0 aliphatic carbocycles. The lowest BCUT2D eigenvalue weighted by Gasteiger charge is -2.37. The molecular weight excluding hydrogens is 469 g/mol. The number of rotatable bonds is 8. The average molecular weight is 480 g/mol. The van der Waals surface area contributed by atoms with Crippen LogP contribution in [0.4, 0.5) is 0 Å². The van der Waals surface area contributed by atoms with Crippen molar-refractivity contribution in [3.8, 4) is 0 Å². The summed E-state index contributed by atoms with van der Waals surface area (Å²) in [7, 11) is -18.2. The summed E-state index contributed by atoms with van der Waals surface area (Å²) in [5.74, 6) is 0. The molecule has 20 heteroatoms. The zero-order valence-corrected chi connectivity index (χ0v) is 16.3. The SMILES string of the molecule is O=c1ccn([C@@H]2O[C@H](COP(=O)([O-])OP(=O)([O-])OP(=O)([O-])[O-])[C@@H](O)[C@H]2O)c(=O)[nH]1. The second-order valence-electron chi connectivity index (χ2n) is 5.36. The minimum Gasteiger partial charge on any atom is -0.790 e. The van der Waals surface area contributed by atoms with Gasteiger partial charge >= 0.3 is 5.69 Å². The van der Waals surface area contributed by atoms with Crippen molar-refractivity contribution in [2.24, 2.45) is 0 Å². The molecule has 166 valence electrons. The van der Waals surface area contributed by atoms with Crippen LogP contribution in [-0.4, -0.2) is 44.7 Å². The molecule has 3 N–H and O–H groups in total. The van der Waals surface area contributed by atoms with E-state index in [1.165, 1.54) is 0 Å². The molecule has 1 aliphatic rings. The van der Waals surface area contributed by atoms with Gasteiger partial charge in [0.15, 0.2) is 6.23 Å². The van der Waals surface area contributed by atoms with Crippen molar-refractivity contribution < 1.29 is 61.4 Å². The number of hydrogen-bond acceptors (Lipinski definition) is 15.